The number of rotatable bonds is 4. The molecule has 0 spiro atoms. The van der Waals surface area contributed by atoms with Gasteiger partial charge in [-0.15, -0.1) is 0 Å². The molecule has 0 aromatic heterocycles. The van der Waals surface area contributed by atoms with Gasteiger partial charge < -0.3 is 14.8 Å². The van der Waals surface area contributed by atoms with Crippen LogP contribution in [0.2, 0.25) is 5.02 Å². The lowest BCUT2D eigenvalue weighted by atomic mass is 9.91. The number of carbonyl (C=O) groups excluding carboxylic acids is 1. The molecule has 2 amide bonds. The van der Waals surface area contributed by atoms with Crippen LogP contribution >= 0.6 is 11.6 Å². The van der Waals surface area contributed by atoms with Crippen LogP contribution in [0.5, 0.6) is 11.5 Å². The van der Waals surface area contributed by atoms with E-state index in [9.17, 15) is 4.79 Å². The predicted octanol–water partition coefficient (Wildman–Crippen LogP) is 7.01. The number of carbonyl (C=O) groups is 1. The number of urea groups is 1. The second-order valence-corrected chi connectivity index (χ2v) is 10.1. The van der Waals surface area contributed by atoms with Gasteiger partial charge in [-0.05, 0) is 35.2 Å². The topological polar surface area (TPSA) is 63.2 Å². The highest BCUT2D eigenvalue weighted by atomic mass is 35.5. The quantitative estimate of drug-likeness (QED) is 0.429. The Hall–Kier alpha value is -3.51. The zero-order chi connectivity index (χ0) is 24.7. The first-order chi connectivity index (χ1) is 16.7. The maximum Gasteiger partial charge on any atom is 0.342 e. The fourth-order valence-corrected chi connectivity index (χ4v) is 4.61. The fourth-order valence-electron chi connectivity index (χ4n) is 4.49. The number of anilines is 1. The predicted molar refractivity (Wildman–Crippen MR) is 139 cm³/mol. The van der Waals surface area contributed by atoms with Crippen molar-refractivity contribution in [1.29, 1.82) is 0 Å². The van der Waals surface area contributed by atoms with Gasteiger partial charge >= 0.3 is 6.03 Å². The van der Waals surface area contributed by atoms with Crippen LogP contribution in [0.1, 0.15) is 56.2 Å². The first kappa shape index (κ1) is 23.2. The van der Waals surface area contributed by atoms with Crippen LogP contribution in [-0.4, -0.2) is 29.1 Å². The number of hydrogen-bond acceptors (Lipinski definition) is 4. The molecule has 0 fully saturated rings. The molecule has 7 heteroatoms. The number of fused-ring (bicyclic) bond motifs is 1. The van der Waals surface area contributed by atoms with Gasteiger partial charge in [0.15, 0.2) is 11.5 Å². The molecule has 2 aliphatic heterocycles. The maximum atomic E-state index is 13.3. The van der Waals surface area contributed by atoms with Crippen molar-refractivity contribution in [2.24, 2.45) is 5.10 Å². The molecule has 0 bridgehead atoms. The Labute approximate surface area is 210 Å². The Balaban J connectivity index is 1.44. The Morgan fingerprint density at radius 1 is 1.09 bits per heavy atom. The molecular formula is C28H28ClN3O3. The first-order valence-corrected chi connectivity index (χ1v) is 12.1. The molecule has 2 heterocycles. The number of nitrogens with one attached hydrogen (secondary N) is 1. The number of halogens is 1. The standard InChI is InChI=1S/C28H28ClN3O3/c1-17(2)22-14-21(15-24-26(22)35-28(3,4)34-24)30-27(33)32-16-23(18-8-6-5-7-9-18)25(31-32)19-10-12-20(29)13-11-19/h5-15,17,23H,16H2,1-4H3,(H,30,33). The summed E-state index contributed by atoms with van der Waals surface area (Å²) >= 11 is 6.10. The number of ether oxygens (including phenoxy) is 2. The third kappa shape index (κ3) is 4.71. The number of benzene rings is 3. The number of hydrogen-bond donors (Lipinski definition) is 1. The molecule has 2 aliphatic rings. The summed E-state index contributed by atoms with van der Waals surface area (Å²) < 4.78 is 12.0. The lowest BCUT2D eigenvalue weighted by Gasteiger charge is -2.17. The van der Waals surface area contributed by atoms with Crippen LogP contribution in [0.3, 0.4) is 0 Å². The molecule has 35 heavy (non-hydrogen) atoms. The lowest BCUT2D eigenvalue weighted by Crippen LogP contribution is -2.30. The minimum absolute atomic E-state index is 0.0492. The average molecular weight is 490 g/mol. The second kappa shape index (κ2) is 8.93. The summed E-state index contributed by atoms with van der Waals surface area (Å²) in [4.78, 5) is 13.3. The molecular weight excluding hydrogens is 462 g/mol. The first-order valence-electron chi connectivity index (χ1n) is 11.7. The molecule has 0 radical (unpaired) electrons. The molecule has 0 saturated carbocycles. The van der Waals surface area contributed by atoms with E-state index >= 15 is 0 Å². The zero-order valence-electron chi connectivity index (χ0n) is 20.2. The van der Waals surface area contributed by atoms with Gasteiger partial charge in [-0.2, -0.15) is 5.10 Å². The molecule has 5 rings (SSSR count). The molecule has 0 aliphatic carbocycles. The SMILES string of the molecule is CC(C)c1cc(NC(=O)N2CC(c3ccccc3)C(c3ccc(Cl)cc3)=N2)cc2c1OC(C)(C)O2. The van der Waals surface area contributed by atoms with Crippen LogP contribution in [0.15, 0.2) is 71.8 Å². The van der Waals surface area contributed by atoms with E-state index in [0.717, 1.165) is 28.2 Å². The highest BCUT2D eigenvalue weighted by Crippen LogP contribution is 2.46. The van der Waals surface area contributed by atoms with Gasteiger partial charge in [-0.1, -0.05) is 67.9 Å². The van der Waals surface area contributed by atoms with Crippen molar-refractivity contribution in [2.75, 3.05) is 11.9 Å². The Morgan fingerprint density at radius 2 is 1.80 bits per heavy atom. The van der Waals surface area contributed by atoms with Crippen molar-refractivity contribution in [3.8, 4) is 11.5 Å². The summed E-state index contributed by atoms with van der Waals surface area (Å²) in [6, 6.07) is 21.1. The van der Waals surface area contributed by atoms with Crippen LogP contribution in [0, 0.1) is 0 Å². The van der Waals surface area contributed by atoms with E-state index in [1.807, 2.05) is 68.4 Å². The Morgan fingerprint density at radius 3 is 2.49 bits per heavy atom. The third-order valence-corrected chi connectivity index (χ3v) is 6.40. The Bertz CT molecular complexity index is 1290. The van der Waals surface area contributed by atoms with Crippen molar-refractivity contribution >= 4 is 29.0 Å². The molecule has 3 aromatic rings. The number of hydrazone groups is 1. The van der Waals surface area contributed by atoms with Gasteiger partial charge in [-0.3, -0.25) is 0 Å². The fraction of sp³-hybridized carbons (Fsp3) is 0.286. The maximum absolute atomic E-state index is 13.3. The smallest absolute Gasteiger partial charge is 0.342 e. The van der Waals surface area contributed by atoms with Gasteiger partial charge in [0, 0.05) is 42.1 Å². The number of amides is 2. The van der Waals surface area contributed by atoms with Gasteiger partial charge in [0.2, 0.25) is 5.79 Å². The summed E-state index contributed by atoms with van der Waals surface area (Å²) in [6.07, 6.45) is 0. The molecule has 3 aromatic carbocycles. The van der Waals surface area contributed by atoms with Gasteiger partial charge in [0.05, 0.1) is 12.3 Å². The summed E-state index contributed by atoms with van der Waals surface area (Å²) in [5.41, 5.74) is 4.50. The highest BCUT2D eigenvalue weighted by Gasteiger charge is 2.36. The lowest BCUT2D eigenvalue weighted by molar-refractivity contribution is -0.0435. The normalized spacial score (nSPS) is 18.1. The largest absolute Gasteiger partial charge is 0.449 e. The van der Waals surface area contributed by atoms with E-state index in [1.54, 1.807) is 0 Å². The zero-order valence-corrected chi connectivity index (χ0v) is 21.0. The molecule has 1 unspecified atom stereocenters. The third-order valence-electron chi connectivity index (χ3n) is 6.15. The monoisotopic (exact) mass is 489 g/mol. The summed E-state index contributed by atoms with van der Waals surface area (Å²) in [5.74, 6) is 0.764. The van der Waals surface area contributed by atoms with Crippen LogP contribution in [0.25, 0.3) is 0 Å². The highest BCUT2D eigenvalue weighted by molar-refractivity contribution is 6.30. The minimum atomic E-state index is -0.746. The van der Waals surface area contributed by atoms with Crippen molar-refractivity contribution in [3.05, 3.63) is 88.4 Å². The summed E-state index contributed by atoms with van der Waals surface area (Å²) in [7, 11) is 0. The van der Waals surface area contributed by atoms with Crippen LogP contribution in [0.4, 0.5) is 10.5 Å². The van der Waals surface area contributed by atoms with Crippen molar-refractivity contribution in [1.82, 2.24) is 5.01 Å². The summed E-state index contributed by atoms with van der Waals surface area (Å²) in [5, 5.41) is 9.90. The van der Waals surface area contributed by atoms with E-state index in [1.165, 1.54) is 5.01 Å². The van der Waals surface area contributed by atoms with E-state index in [2.05, 4.69) is 31.3 Å². The summed E-state index contributed by atoms with van der Waals surface area (Å²) in [6.45, 7) is 8.35. The molecule has 0 saturated heterocycles. The Kier molecular flexibility index (Phi) is 5.93. The molecule has 180 valence electrons. The van der Waals surface area contributed by atoms with E-state index in [0.29, 0.717) is 23.0 Å². The molecule has 6 nitrogen and oxygen atoms in total. The average Bonchev–Trinajstić information content (AvgIpc) is 3.40. The van der Waals surface area contributed by atoms with Crippen molar-refractivity contribution < 1.29 is 14.3 Å². The van der Waals surface area contributed by atoms with E-state index in [4.69, 9.17) is 26.2 Å². The van der Waals surface area contributed by atoms with Gasteiger partial charge in [-0.25, -0.2) is 9.80 Å². The van der Waals surface area contributed by atoms with Crippen LogP contribution < -0.4 is 14.8 Å². The van der Waals surface area contributed by atoms with Gasteiger partial charge in [0.25, 0.3) is 0 Å². The minimum Gasteiger partial charge on any atom is -0.449 e. The number of nitrogens with zero attached hydrogens (tertiary/aromatic N) is 2. The molecule has 1 atom stereocenters. The van der Waals surface area contributed by atoms with Crippen molar-refractivity contribution in [3.63, 3.8) is 0 Å². The second-order valence-electron chi connectivity index (χ2n) is 9.62. The molecule has 1 N–H and O–H groups in total. The van der Waals surface area contributed by atoms with Crippen LogP contribution in [-0.2, 0) is 0 Å². The van der Waals surface area contributed by atoms with Crippen molar-refractivity contribution in [2.45, 2.75) is 45.3 Å². The van der Waals surface area contributed by atoms with E-state index < -0.39 is 5.79 Å². The van der Waals surface area contributed by atoms with E-state index in [-0.39, 0.29) is 17.9 Å². The van der Waals surface area contributed by atoms with Gasteiger partial charge in [0.1, 0.15) is 0 Å².